The van der Waals surface area contributed by atoms with E-state index in [2.05, 4.69) is 20.8 Å². The van der Waals surface area contributed by atoms with E-state index in [1.54, 1.807) is 0 Å². The lowest BCUT2D eigenvalue weighted by Crippen LogP contribution is -2.18. The number of nitrogens with zero attached hydrogens (tertiary/aromatic N) is 1. The van der Waals surface area contributed by atoms with Crippen LogP contribution in [0.2, 0.25) is 0 Å². The van der Waals surface area contributed by atoms with Crippen LogP contribution in [0.4, 0.5) is 0 Å². The van der Waals surface area contributed by atoms with Crippen molar-refractivity contribution in [2.45, 2.75) is 20.8 Å². The fraction of sp³-hybridized carbons (Fsp3) is 1.00. The van der Waals surface area contributed by atoms with Crippen LogP contribution < -0.4 is 5.73 Å². The summed E-state index contributed by atoms with van der Waals surface area (Å²) < 4.78 is 0. The third-order valence-electron chi connectivity index (χ3n) is 0.612. The van der Waals surface area contributed by atoms with Gasteiger partial charge in [-0.05, 0) is 33.1 Å². The molecule has 0 saturated heterocycles. The molecule has 0 aromatic rings. The normalized spacial score (nSPS) is 10.8. The van der Waals surface area contributed by atoms with Gasteiger partial charge in [0.1, 0.15) is 0 Å². The largest absolute Gasteiger partial charge is 0.330 e. The summed E-state index contributed by atoms with van der Waals surface area (Å²) >= 11 is 0. The van der Waals surface area contributed by atoms with E-state index in [0.717, 1.165) is 6.54 Å². The number of hydrogen-bond acceptors (Lipinski definition) is 2. The first-order chi connectivity index (χ1) is 4.29. The van der Waals surface area contributed by atoms with Gasteiger partial charge in [-0.2, -0.15) is 0 Å². The Labute approximate surface area is 65.4 Å². The predicted molar refractivity (Wildman–Crippen MR) is 48.1 cm³/mol. The van der Waals surface area contributed by atoms with Crippen LogP contribution in [-0.4, -0.2) is 32.6 Å². The number of nitrogens with two attached hydrogens (primary N) is 1. The zero-order valence-corrected chi connectivity index (χ0v) is 8.23. The molecule has 2 heteroatoms. The lowest BCUT2D eigenvalue weighted by molar-refractivity contribution is 0.428. The minimum absolute atomic E-state index is 0.319. The van der Waals surface area contributed by atoms with Crippen molar-refractivity contribution in [3.8, 4) is 0 Å². The van der Waals surface area contributed by atoms with Gasteiger partial charge in [0, 0.05) is 0 Å². The first-order valence-electron chi connectivity index (χ1n) is 3.60. The highest BCUT2D eigenvalue weighted by Gasteiger charge is 2.03. The lowest BCUT2D eigenvalue weighted by atomic mass is 9.98. The Morgan fingerprint density at radius 1 is 1.10 bits per heavy atom. The van der Waals surface area contributed by atoms with Gasteiger partial charge in [-0.15, -0.1) is 0 Å². The molecule has 0 aromatic heterocycles. The third-order valence-corrected chi connectivity index (χ3v) is 0.612. The average Bonchev–Trinajstić information content (AvgIpc) is 1.63. The van der Waals surface area contributed by atoms with Gasteiger partial charge in [0.15, 0.2) is 0 Å². The summed E-state index contributed by atoms with van der Waals surface area (Å²) in [6.45, 7) is 7.12. The Morgan fingerprint density at radius 2 is 1.20 bits per heavy atom. The number of rotatable bonds is 0. The summed E-state index contributed by atoms with van der Waals surface area (Å²) in [5.41, 5.74) is 5.62. The Morgan fingerprint density at radius 3 is 1.20 bits per heavy atom. The van der Waals surface area contributed by atoms with E-state index >= 15 is 0 Å². The molecule has 0 heterocycles. The molecule has 0 saturated carbocycles. The maximum atomic E-state index is 5.31. The molecule has 0 aliphatic carbocycles. The molecule has 0 fully saturated rings. The molecule has 0 atom stereocenters. The Bertz CT molecular complexity index is 59.4. The second kappa shape index (κ2) is 5.69. The van der Waals surface area contributed by atoms with Crippen LogP contribution in [-0.2, 0) is 0 Å². The number of hydrogen-bond donors (Lipinski definition) is 1. The summed E-state index contributed by atoms with van der Waals surface area (Å²) in [7, 11) is 6.00. The van der Waals surface area contributed by atoms with Crippen LogP contribution in [0.1, 0.15) is 20.8 Å². The first kappa shape index (κ1) is 12.6. The van der Waals surface area contributed by atoms with Crippen molar-refractivity contribution >= 4 is 0 Å². The van der Waals surface area contributed by atoms with Crippen LogP contribution in [0.15, 0.2) is 0 Å². The average molecular weight is 146 g/mol. The van der Waals surface area contributed by atoms with Gasteiger partial charge < -0.3 is 10.6 Å². The molecule has 0 amide bonds. The summed E-state index contributed by atoms with van der Waals surface area (Å²) in [5.74, 6) is 0. The van der Waals surface area contributed by atoms with E-state index in [1.165, 1.54) is 0 Å². The van der Waals surface area contributed by atoms with Crippen molar-refractivity contribution in [2.75, 3.05) is 27.7 Å². The maximum absolute atomic E-state index is 5.31. The zero-order valence-electron chi connectivity index (χ0n) is 8.23. The standard InChI is InChI=1S/C5H13N.C3H9N/c1-5(2,3)4-6;1-4(2)3/h4,6H2,1-3H3;1-3H3. The fourth-order valence-corrected chi connectivity index (χ4v) is 0. The van der Waals surface area contributed by atoms with Gasteiger partial charge >= 0.3 is 0 Å². The Kier molecular flexibility index (Phi) is 7.15. The highest BCUT2D eigenvalue weighted by atomic mass is 15.0. The molecule has 0 aliphatic heterocycles. The van der Waals surface area contributed by atoms with Gasteiger partial charge in [-0.1, -0.05) is 20.8 Å². The molecule has 64 valence electrons. The SMILES string of the molecule is CC(C)(C)CN.CN(C)C. The van der Waals surface area contributed by atoms with E-state index in [4.69, 9.17) is 5.73 Å². The van der Waals surface area contributed by atoms with E-state index < -0.39 is 0 Å². The van der Waals surface area contributed by atoms with Gasteiger partial charge in [-0.3, -0.25) is 0 Å². The van der Waals surface area contributed by atoms with Crippen LogP contribution in [0.3, 0.4) is 0 Å². The second-order valence-electron chi connectivity index (χ2n) is 4.11. The van der Waals surface area contributed by atoms with E-state index in [0.29, 0.717) is 5.41 Å². The van der Waals surface area contributed by atoms with Crippen LogP contribution >= 0.6 is 0 Å². The molecule has 0 bridgehead atoms. The van der Waals surface area contributed by atoms with Crippen LogP contribution in [0.25, 0.3) is 0 Å². The highest BCUT2D eigenvalue weighted by molar-refractivity contribution is 4.59. The molecular formula is C8H22N2. The Hall–Kier alpha value is -0.0800. The third kappa shape index (κ3) is 44.5. The monoisotopic (exact) mass is 146 g/mol. The van der Waals surface area contributed by atoms with Crippen molar-refractivity contribution in [3.63, 3.8) is 0 Å². The van der Waals surface area contributed by atoms with Gasteiger partial charge in [0.25, 0.3) is 0 Å². The van der Waals surface area contributed by atoms with Crippen molar-refractivity contribution in [1.29, 1.82) is 0 Å². The Balaban J connectivity index is 0. The summed E-state index contributed by atoms with van der Waals surface area (Å²) in [6, 6.07) is 0. The minimum Gasteiger partial charge on any atom is -0.330 e. The van der Waals surface area contributed by atoms with E-state index in [9.17, 15) is 0 Å². The smallest absolute Gasteiger partial charge is 0.00285 e. The fourth-order valence-electron chi connectivity index (χ4n) is 0. The summed E-state index contributed by atoms with van der Waals surface area (Å²) in [5, 5.41) is 0. The molecule has 2 N–H and O–H groups in total. The molecule has 0 spiro atoms. The molecule has 0 radical (unpaired) electrons. The predicted octanol–water partition coefficient (Wildman–Crippen LogP) is 1.17. The van der Waals surface area contributed by atoms with Crippen molar-refractivity contribution in [3.05, 3.63) is 0 Å². The molecule has 0 aromatic carbocycles. The first-order valence-corrected chi connectivity index (χ1v) is 3.60. The summed E-state index contributed by atoms with van der Waals surface area (Å²) in [4.78, 5) is 2.00. The van der Waals surface area contributed by atoms with Crippen LogP contribution in [0.5, 0.6) is 0 Å². The molecule has 2 nitrogen and oxygen atoms in total. The van der Waals surface area contributed by atoms with E-state index in [-0.39, 0.29) is 0 Å². The van der Waals surface area contributed by atoms with Crippen molar-refractivity contribution in [1.82, 2.24) is 4.90 Å². The van der Waals surface area contributed by atoms with Crippen molar-refractivity contribution < 1.29 is 0 Å². The highest BCUT2D eigenvalue weighted by Crippen LogP contribution is 2.07. The van der Waals surface area contributed by atoms with Crippen LogP contribution in [0, 0.1) is 5.41 Å². The molecule has 10 heavy (non-hydrogen) atoms. The van der Waals surface area contributed by atoms with Gasteiger partial charge in [0.05, 0.1) is 0 Å². The summed E-state index contributed by atoms with van der Waals surface area (Å²) in [6.07, 6.45) is 0. The van der Waals surface area contributed by atoms with E-state index in [1.807, 2.05) is 26.0 Å². The zero-order chi connectivity index (χ0) is 8.78. The topological polar surface area (TPSA) is 29.3 Å². The molecule has 0 aliphatic rings. The van der Waals surface area contributed by atoms with Gasteiger partial charge in [-0.25, -0.2) is 0 Å². The second-order valence-corrected chi connectivity index (χ2v) is 4.11. The lowest BCUT2D eigenvalue weighted by Gasteiger charge is -2.12. The van der Waals surface area contributed by atoms with Gasteiger partial charge in [0.2, 0.25) is 0 Å². The minimum atomic E-state index is 0.319. The molecular weight excluding hydrogens is 124 g/mol. The molecule has 0 rings (SSSR count). The quantitative estimate of drug-likeness (QED) is 0.556. The molecule has 0 unspecified atom stereocenters. The van der Waals surface area contributed by atoms with Crippen molar-refractivity contribution in [2.24, 2.45) is 11.1 Å². The maximum Gasteiger partial charge on any atom is -0.00285 e.